The Morgan fingerprint density at radius 1 is 1.00 bits per heavy atom. The molecule has 0 fully saturated rings. The summed E-state index contributed by atoms with van der Waals surface area (Å²) >= 11 is 0. The molecule has 0 aliphatic heterocycles. The molecule has 1 unspecified atom stereocenters. The van der Waals surface area contributed by atoms with Crippen molar-refractivity contribution in [3.63, 3.8) is 0 Å². The van der Waals surface area contributed by atoms with Crippen LogP contribution in [0.25, 0.3) is 10.8 Å². The first-order valence-electron chi connectivity index (χ1n) is 7.13. The minimum absolute atomic E-state index is 0.366. The smallest absolute Gasteiger partial charge is 0.0109 e. The molecule has 0 saturated carbocycles. The zero-order chi connectivity index (χ0) is 13.9. The van der Waals surface area contributed by atoms with Gasteiger partial charge in [-0.05, 0) is 41.6 Å². The molecule has 0 heterocycles. The number of likely N-dealkylation sites (N-methyl/N-ethyl adjacent to an activating group) is 1. The third-order valence-electron chi connectivity index (χ3n) is 3.56. The maximum Gasteiger partial charge on any atom is 0.0109 e. The molecule has 2 aromatic rings. The van der Waals surface area contributed by atoms with Crippen molar-refractivity contribution in [3.05, 3.63) is 48.0 Å². The number of hydrogen-bond donors (Lipinski definition) is 1. The van der Waals surface area contributed by atoms with E-state index in [0.717, 1.165) is 6.42 Å². The predicted octanol–water partition coefficient (Wildman–Crippen LogP) is 4.41. The van der Waals surface area contributed by atoms with Crippen molar-refractivity contribution in [2.75, 3.05) is 7.05 Å². The van der Waals surface area contributed by atoms with Crippen LogP contribution in [-0.4, -0.2) is 13.1 Å². The minimum atomic E-state index is 0.366. The molecule has 1 heteroatoms. The standard InChI is InChI=1S/C18H25N/c1-18(2,3)13-17(19-4)12-14-9-10-15-7-5-6-8-16(15)11-14/h5-11,17,19H,12-13H2,1-4H3. The average molecular weight is 255 g/mol. The van der Waals surface area contributed by atoms with Gasteiger partial charge in [0, 0.05) is 6.04 Å². The molecule has 1 atom stereocenters. The lowest BCUT2D eigenvalue weighted by Crippen LogP contribution is -2.32. The SMILES string of the molecule is CNC(Cc1ccc2ccccc2c1)CC(C)(C)C. The van der Waals surface area contributed by atoms with E-state index in [-0.39, 0.29) is 0 Å². The lowest BCUT2D eigenvalue weighted by Gasteiger charge is -2.26. The normalized spacial score (nSPS) is 13.7. The number of benzene rings is 2. The Labute approximate surface area is 117 Å². The van der Waals surface area contributed by atoms with Gasteiger partial charge in [0.15, 0.2) is 0 Å². The van der Waals surface area contributed by atoms with Crippen molar-refractivity contribution in [2.24, 2.45) is 5.41 Å². The van der Waals surface area contributed by atoms with Gasteiger partial charge in [0.2, 0.25) is 0 Å². The van der Waals surface area contributed by atoms with Crippen LogP contribution in [0.2, 0.25) is 0 Å². The fraction of sp³-hybridized carbons (Fsp3) is 0.444. The summed E-state index contributed by atoms with van der Waals surface area (Å²) in [6.45, 7) is 6.91. The Bertz CT molecular complexity index is 537. The zero-order valence-corrected chi connectivity index (χ0v) is 12.5. The summed E-state index contributed by atoms with van der Waals surface area (Å²) < 4.78 is 0. The predicted molar refractivity (Wildman–Crippen MR) is 84.6 cm³/mol. The fourth-order valence-corrected chi connectivity index (χ4v) is 2.67. The molecule has 0 spiro atoms. The third-order valence-corrected chi connectivity index (χ3v) is 3.56. The molecule has 0 aliphatic carbocycles. The number of rotatable bonds is 4. The van der Waals surface area contributed by atoms with Gasteiger partial charge in [0.1, 0.15) is 0 Å². The Kier molecular flexibility index (Phi) is 4.26. The van der Waals surface area contributed by atoms with E-state index in [1.165, 1.54) is 22.8 Å². The van der Waals surface area contributed by atoms with E-state index in [9.17, 15) is 0 Å². The van der Waals surface area contributed by atoms with E-state index in [1.807, 2.05) is 0 Å². The topological polar surface area (TPSA) is 12.0 Å². The quantitative estimate of drug-likeness (QED) is 0.853. The van der Waals surface area contributed by atoms with E-state index in [4.69, 9.17) is 0 Å². The Hall–Kier alpha value is -1.34. The minimum Gasteiger partial charge on any atom is -0.317 e. The second kappa shape index (κ2) is 5.75. The maximum absolute atomic E-state index is 3.46. The van der Waals surface area contributed by atoms with Crippen molar-refractivity contribution in [1.29, 1.82) is 0 Å². The first-order valence-corrected chi connectivity index (χ1v) is 7.13. The lowest BCUT2D eigenvalue weighted by molar-refractivity contribution is 0.316. The molecule has 1 N–H and O–H groups in total. The van der Waals surface area contributed by atoms with Gasteiger partial charge in [-0.2, -0.15) is 0 Å². The Morgan fingerprint density at radius 3 is 2.32 bits per heavy atom. The second-order valence-electron chi connectivity index (χ2n) is 6.64. The van der Waals surface area contributed by atoms with Crippen LogP contribution in [-0.2, 0) is 6.42 Å². The molecule has 1 nitrogen and oxygen atoms in total. The van der Waals surface area contributed by atoms with Gasteiger partial charge in [0.25, 0.3) is 0 Å². The molecule has 2 rings (SSSR count). The van der Waals surface area contributed by atoms with Crippen LogP contribution >= 0.6 is 0 Å². The van der Waals surface area contributed by atoms with E-state index >= 15 is 0 Å². The van der Waals surface area contributed by atoms with Crippen LogP contribution in [0.5, 0.6) is 0 Å². The molecule has 102 valence electrons. The van der Waals surface area contributed by atoms with Crippen molar-refractivity contribution < 1.29 is 0 Å². The summed E-state index contributed by atoms with van der Waals surface area (Å²) in [6.07, 6.45) is 2.29. The average Bonchev–Trinajstić information content (AvgIpc) is 2.36. The number of nitrogens with one attached hydrogen (secondary N) is 1. The molecule has 0 aliphatic rings. The maximum atomic E-state index is 3.46. The number of fused-ring (bicyclic) bond motifs is 1. The number of hydrogen-bond acceptors (Lipinski definition) is 1. The van der Waals surface area contributed by atoms with E-state index in [1.54, 1.807) is 0 Å². The molecule has 0 bridgehead atoms. The molecule has 0 radical (unpaired) electrons. The van der Waals surface area contributed by atoms with Crippen LogP contribution in [0.1, 0.15) is 32.8 Å². The van der Waals surface area contributed by atoms with Gasteiger partial charge in [-0.3, -0.25) is 0 Å². The summed E-state index contributed by atoms with van der Waals surface area (Å²) in [7, 11) is 2.07. The second-order valence-corrected chi connectivity index (χ2v) is 6.64. The van der Waals surface area contributed by atoms with Crippen molar-refractivity contribution >= 4 is 10.8 Å². The van der Waals surface area contributed by atoms with Gasteiger partial charge in [-0.25, -0.2) is 0 Å². The van der Waals surface area contributed by atoms with Crippen molar-refractivity contribution in [2.45, 2.75) is 39.7 Å². The summed E-state index contributed by atoms with van der Waals surface area (Å²) in [5, 5.41) is 6.12. The van der Waals surface area contributed by atoms with Crippen LogP contribution in [0.3, 0.4) is 0 Å². The molecule has 19 heavy (non-hydrogen) atoms. The fourth-order valence-electron chi connectivity index (χ4n) is 2.67. The highest BCUT2D eigenvalue weighted by molar-refractivity contribution is 5.82. The highest BCUT2D eigenvalue weighted by Gasteiger charge is 2.17. The van der Waals surface area contributed by atoms with Gasteiger partial charge >= 0.3 is 0 Å². The molecule has 0 aromatic heterocycles. The van der Waals surface area contributed by atoms with E-state index in [0.29, 0.717) is 11.5 Å². The van der Waals surface area contributed by atoms with Crippen LogP contribution in [0.15, 0.2) is 42.5 Å². The molecular formula is C18H25N. The van der Waals surface area contributed by atoms with Gasteiger partial charge < -0.3 is 5.32 Å². The van der Waals surface area contributed by atoms with Crippen molar-refractivity contribution in [1.82, 2.24) is 5.32 Å². The van der Waals surface area contributed by atoms with Crippen LogP contribution < -0.4 is 5.32 Å². The summed E-state index contributed by atoms with van der Waals surface area (Å²) in [6, 6.07) is 15.9. The first kappa shape index (κ1) is 14.1. The van der Waals surface area contributed by atoms with Gasteiger partial charge in [0.05, 0.1) is 0 Å². The first-order chi connectivity index (χ1) is 8.98. The highest BCUT2D eigenvalue weighted by atomic mass is 14.9. The molecule has 0 saturated heterocycles. The van der Waals surface area contributed by atoms with Crippen LogP contribution in [0, 0.1) is 5.41 Å². The van der Waals surface area contributed by atoms with Gasteiger partial charge in [-0.15, -0.1) is 0 Å². The monoisotopic (exact) mass is 255 g/mol. The Balaban J connectivity index is 2.15. The van der Waals surface area contributed by atoms with Gasteiger partial charge in [-0.1, -0.05) is 63.2 Å². The zero-order valence-electron chi connectivity index (χ0n) is 12.5. The van der Waals surface area contributed by atoms with E-state index in [2.05, 4.69) is 75.6 Å². The molecule has 0 amide bonds. The highest BCUT2D eigenvalue weighted by Crippen LogP contribution is 2.23. The molecular weight excluding hydrogens is 230 g/mol. The molecule has 2 aromatic carbocycles. The summed E-state index contributed by atoms with van der Waals surface area (Å²) in [4.78, 5) is 0. The van der Waals surface area contributed by atoms with Crippen molar-refractivity contribution in [3.8, 4) is 0 Å². The summed E-state index contributed by atoms with van der Waals surface area (Å²) in [5.74, 6) is 0. The Morgan fingerprint density at radius 2 is 1.68 bits per heavy atom. The van der Waals surface area contributed by atoms with Crippen LogP contribution in [0.4, 0.5) is 0 Å². The van der Waals surface area contributed by atoms with E-state index < -0.39 is 0 Å². The largest absolute Gasteiger partial charge is 0.317 e. The summed E-state index contributed by atoms with van der Waals surface area (Å²) in [5.41, 5.74) is 1.78. The lowest BCUT2D eigenvalue weighted by atomic mass is 9.86. The third kappa shape index (κ3) is 4.07.